The molecule has 13 heteroatoms. The van der Waals surface area contributed by atoms with Gasteiger partial charge in [-0.05, 0) is 53.2 Å². The minimum Gasteiger partial charge on any atom is -0.307 e. The van der Waals surface area contributed by atoms with E-state index in [1.165, 1.54) is 29.3 Å². The van der Waals surface area contributed by atoms with Crippen molar-refractivity contribution in [3.05, 3.63) is 60.0 Å². The molecule has 2 amide bonds. The number of hydrogen-bond acceptors (Lipinski definition) is 10. The maximum atomic E-state index is 13.0. The maximum Gasteiger partial charge on any atom is 0.325 e. The molecule has 1 aromatic carbocycles. The average molecular weight is 553 g/mol. The van der Waals surface area contributed by atoms with Crippen molar-refractivity contribution in [2.24, 2.45) is 13.0 Å². The van der Waals surface area contributed by atoms with Gasteiger partial charge < -0.3 is 5.32 Å². The smallest absolute Gasteiger partial charge is 0.307 e. The second-order valence-electron chi connectivity index (χ2n) is 8.39. The summed E-state index contributed by atoms with van der Waals surface area (Å²) in [6.45, 7) is 0. The normalized spacial score (nSPS) is 13.5. The first-order valence-corrected chi connectivity index (χ1v) is 14.3. The van der Waals surface area contributed by atoms with Crippen LogP contribution in [0.2, 0.25) is 0 Å². The molecule has 1 aliphatic rings. The van der Waals surface area contributed by atoms with E-state index in [0.29, 0.717) is 27.3 Å². The zero-order chi connectivity index (χ0) is 25.6. The zero-order valence-corrected chi connectivity index (χ0v) is 22.4. The number of aryl methyl sites for hydroxylation is 1. The molecule has 5 rings (SSSR count). The van der Waals surface area contributed by atoms with E-state index in [2.05, 4.69) is 36.1 Å². The number of amides is 2. The van der Waals surface area contributed by atoms with Crippen LogP contribution in [0.1, 0.15) is 41.7 Å². The van der Waals surface area contributed by atoms with Crippen molar-refractivity contribution in [3.8, 4) is 0 Å². The minimum absolute atomic E-state index is 0.00821. The summed E-state index contributed by atoms with van der Waals surface area (Å²) in [5.41, 5.74) is 1.71. The summed E-state index contributed by atoms with van der Waals surface area (Å²) in [7, 11) is 1.77. The zero-order valence-electron chi connectivity index (χ0n) is 20.0. The molecule has 1 saturated carbocycles. The lowest BCUT2D eigenvalue weighted by Crippen LogP contribution is -2.22. The fourth-order valence-electron chi connectivity index (χ4n) is 3.98. The van der Waals surface area contributed by atoms with E-state index in [9.17, 15) is 9.59 Å². The number of rotatable bonds is 9. The van der Waals surface area contributed by atoms with Crippen LogP contribution in [0.15, 0.2) is 63.1 Å². The molecule has 0 radical (unpaired) electrons. The largest absolute Gasteiger partial charge is 0.325 e. The first-order valence-electron chi connectivity index (χ1n) is 11.7. The standard InChI is InChI=1S/C24H24N8O2S3/c1-32-24(29-30-31-32)37-21-19(14-35-16-9-3-2-4-10-16)27-23(36-21)28-22(34)26-18-11-12-25-13-17(18)20(33)15-7-5-6-8-15/h2-4,9-13,15H,5-8,14H2,1H3,(H2,25,26,27,28,34). The molecule has 1 fully saturated rings. The topological polar surface area (TPSA) is 128 Å². The van der Waals surface area contributed by atoms with Gasteiger partial charge in [-0.25, -0.2) is 14.5 Å². The Morgan fingerprint density at radius 1 is 1.14 bits per heavy atom. The molecule has 0 bridgehead atoms. The van der Waals surface area contributed by atoms with Crippen LogP contribution in [-0.4, -0.2) is 42.0 Å². The van der Waals surface area contributed by atoms with Crippen molar-refractivity contribution in [1.29, 1.82) is 0 Å². The molecule has 2 N–H and O–H groups in total. The third-order valence-electron chi connectivity index (χ3n) is 5.83. The van der Waals surface area contributed by atoms with Gasteiger partial charge >= 0.3 is 6.03 Å². The third kappa shape index (κ3) is 6.35. The Labute approximate surface area is 226 Å². The summed E-state index contributed by atoms with van der Waals surface area (Å²) >= 11 is 4.41. The number of anilines is 2. The van der Waals surface area contributed by atoms with Crippen LogP contribution in [0.3, 0.4) is 0 Å². The number of carbonyl (C=O) groups excluding carboxylic acids is 2. The fourth-order valence-corrected chi connectivity index (χ4v) is 7.01. The molecule has 3 aromatic heterocycles. The number of urea groups is 1. The van der Waals surface area contributed by atoms with Gasteiger partial charge in [0.05, 0.1) is 21.2 Å². The molecule has 0 spiro atoms. The molecular weight excluding hydrogens is 529 g/mol. The molecule has 3 heterocycles. The first kappa shape index (κ1) is 25.4. The van der Waals surface area contributed by atoms with E-state index in [1.54, 1.807) is 35.8 Å². The molecule has 0 unspecified atom stereocenters. The highest BCUT2D eigenvalue weighted by Crippen LogP contribution is 2.39. The van der Waals surface area contributed by atoms with Crippen LogP contribution in [0.25, 0.3) is 0 Å². The van der Waals surface area contributed by atoms with E-state index < -0.39 is 6.03 Å². The molecule has 0 saturated heterocycles. The third-order valence-corrected chi connectivity index (χ3v) is 9.11. The van der Waals surface area contributed by atoms with Crippen LogP contribution in [0.5, 0.6) is 0 Å². The molecule has 190 valence electrons. The minimum atomic E-state index is -0.473. The van der Waals surface area contributed by atoms with E-state index in [-0.39, 0.29) is 11.7 Å². The van der Waals surface area contributed by atoms with Gasteiger partial charge in [0.1, 0.15) is 0 Å². The number of thiazole rings is 1. The number of benzene rings is 1. The lowest BCUT2D eigenvalue weighted by atomic mass is 9.96. The van der Waals surface area contributed by atoms with Crippen molar-refractivity contribution < 1.29 is 9.59 Å². The Morgan fingerprint density at radius 2 is 1.95 bits per heavy atom. The summed E-state index contributed by atoms with van der Waals surface area (Å²) in [5.74, 6) is 0.638. The summed E-state index contributed by atoms with van der Waals surface area (Å²) in [4.78, 5) is 35.8. The second-order valence-corrected chi connectivity index (χ2v) is 11.7. The maximum absolute atomic E-state index is 13.0. The Morgan fingerprint density at radius 3 is 2.70 bits per heavy atom. The van der Waals surface area contributed by atoms with E-state index >= 15 is 0 Å². The van der Waals surface area contributed by atoms with Crippen molar-refractivity contribution in [2.75, 3.05) is 10.6 Å². The first-order chi connectivity index (χ1) is 18.1. The van der Waals surface area contributed by atoms with E-state index in [0.717, 1.165) is 40.5 Å². The number of aromatic nitrogens is 6. The Bertz CT molecular complexity index is 1390. The van der Waals surface area contributed by atoms with Gasteiger partial charge in [0.2, 0.25) is 5.16 Å². The molecule has 37 heavy (non-hydrogen) atoms. The molecule has 0 atom stereocenters. The van der Waals surface area contributed by atoms with Crippen molar-refractivity contribution in [2.45, 2.75) is 45.7 Å². The predicted molar refractivity (Wildman–Crippen MR) is 144 cm³/mol. The van der Waals surface area contributed by atoms with Gasteiger partial charge in [0.15, 0.2) is 10.9 Å². The highest BCUT2D eigenvalue weighted by atomic mass is 32.2. The highest BCUT2D eigenvalue weighted by Gasteiger charge is 2.26. The van der Waals surface area contributed by atoms with Crippen molar-refractivity contribution in [3.63, 3.8) is 0 Å². The monoisotopic (exact) mass is 552 g/mol. The highest BCUT2D eigenvalue weighted by molar-refractivity contribution is 8.01. The molecular formula is C24H24N8O2S3. The lowest BCUT2D eigenvalue weighted by molar-refractivity contribution is 0.0923. The fraction of sp³-hybridized carbons (Fsp3) is 0.292. The van der Waals surface area contributed by atoms with Gasteiger partial charge in [0.25, 0.3) is 0 Å². The van der Waals surface area contributed by atoms with Gasteiger partial charge in [0, 0.05) is 36.0 Å². The quantitative estimate of drug-likeness (QED) is 0.204. The van der Waals surface area contributed by atoms with Gasteiger partial charge in [-0.15, -0.1) is 16.9 Å². The van der Waals surface area contributed by atoms with E-state index in [4.69, 9.17) is 0 Å². The van der Waals surface area contributed by atoms with Gasteiger partial charge in [-0.1, -0.05) is 42.4 Å². The number of pyridine rings is 1. The predicted octanol–water partition coefficient (Wildman–Crippen LogP) is 5.52. The lowest BCUT2D eigenvalue weighted by Gasteiger charge is -2.13. The van der Waals surface area contributed by atoms with Gasteiger partial charge in [-0.3, -0.25) is 15.1 Å². The summed E-state index contributed by atoms with van der Waals surface area (Å²) < 4.78 is 2.47. The number of hydrogen-bond donors (Lipinski definition) is 2. The molecule has 4 aromatic rings. The Balaban J connectivity index is 1.31. The molecule has 10 nitrogen and oxygen atoms in total. The summed E-state index contributed by atoms with van der Waals surface area (Å²) in [6, 6.07) is 11.2. The van der Waals surface area contributed by atoms with Crippen molar-refractivity contribution >= 4 is 57.5 Å². The van der Waals surface area contributed by atoms with E-state index in [1.807, 2.05) is 30.3 Å². The number of ketones is 1. The summed E-state index contributed by atoms with van der Waals surface area (Å²) in [6.07, 6.45) is 6.96. The van der Waals surface area contributed by atoms with Crippen LogP contribution in [-0.2, 0) is 12.8 Å². The van der Waals surface area contributed by atoms with Crippen LogP contribution < -0.4 is 10.6 Å². The number of tetrazole rings is 1. The molecule has 1 aliphatic carbocycles. The van der Waals surface area contributed by atoms with Gasteiger partial charge in [-0.2, -0.15) is 0 Å². The number of Topliss-reactive ketones (excluding diaryl/α,β-unsaturated/α-hetero) is 1. The second kappa shape index (κ2) is 11.8. The number of nitrogens with one attached hydrogen (secondary N) is 2. The Kier molecular flexibility index (Phi) is 8.12. The summed E-state index contributed by atoms with van der Waals surface area (Å²) in [5, 5.41) is 18.3. The average Bonchev–Trinajstić information content (AvgIpc) is 3.66. The van der Waals surface area contributed by atoms with Crippen LogP contribution in [0, 0.1) is 5.92 Å². The SMILES string of the molecule is Cn1nnnc1Sc1sc(NC(=O)Nc2ccncc2C(=O)C2CCCC2)nc1CSc1ccccc1. The number of carbonyl (C=O) groups is 2. The number of thioether (sulfide) groups is 1. The Hall–Kier alpha value is -3.29. The number of nitrogens with zero attached hydrogens (tertiary/aromatic N) is 6. The molecule has 0 aliphatic heterocycles. The van der Waals surface area contributed by atoms with Crippen LogP contribution >= 0.6 is 34.9 Å². The van der Waals surface area contributed by atoms with Crippen molar-refractivity contribution in [1.82, 2.24) is 30.2 Å². The van der Waals surface area contributed by atoms with Crippen LogP contribution in [0.4, 0.5) is 15.6 Å².